The fourth-order valence-corrected chi connectivity index (χ4v) is 5.94. The molecule has 1 aromatic carbocycles. The lowest BCUT2D eigenvalue weighted by atomic mass is 9.74. The molecule has 9 heteroatoms. The van der Waals surface area contributed by atoms with Crippen LogP contribution in [0.1, 0.15) is 57.4 Å². The summed E-state index contributed by atoms with van der Waals surface area (Å²) in [5.74, 6) is 0.485. The highest BCUT2D eigenvalue weighted by Gasteiger charge is 2.68. The van der Waals surface area contributed by atoms with Crippen LogP contribution >= 0.6 is 0 Å². The number of nitrogens with zero attached hydrogens (tertiary/aromatic N) is 1. The third-order valence-corrected chi connectivity index (χ3v) is 7.79. The van der Waals surface area contributed by atoms with Gasteiger partial charge in [0, 0.05) is 31.7 Å². The number of hydrogen-bond donors (Lipinski definition) is 2. The van der Waals surface area contributed by atoms with Crippen molar-refractivity contribution < 1.29 is 38.7 Å². The molecule has 0 radical (unpaired) electrons. The smallest absolute Gasteiger partial charge is 0.413 e. The Kier molecular flexibility index (Phi) is 5.51. The van der Waals surface area contributed by atoms with Gasteiger partial charge in [-0.1, -0.05) is 6.42 Å². The molecule has 1 aromatic rings. The Balaban J connectivity index is 1.39. The van der Waals surface area contributed by atoms with Crippen molar-refractivity contribution in [2.24, 2.45) is 0 Å². The van der Waals surface area contributed by atoms with E-state index in [1.807, 2.05) is 0 Å². The summed E-state index contributed by atoms with van der Waals surface area (Å²) in [6, 6.07) is 5.30. The standard InChI is InChI=1S/C24H33NO8/c1-22(28)23(12-18(26)20-19(13-23)31-24(32-20)7-5-4-6-8-24)33-21(27)25(22)14-15-9-16(29-2)11-17(10-15)30-3/h9-11,18-20,26,28H,4-8,12-14H2,1-3H3/t18?,19-,20+,22?,23-/m1/s1. The van der Waals surface area contributed by atoms with Crippen molar-refractivity contribution in [2.75, 3.05) is 14.2 Å². The molecular formula is C24H33NO8. The number of rotatable bonds is 4. The predicted molar refractivity (Wildman–Crippen MR) is 116 cm³/mol. The number of ether oxygens (including phenoxy) is 5. The summed E-state index contributed by atoms with van der Waals surface area (Å²) in [7, 11) is 3.10. The number of carbonyl (C=O) groups excluding carboxylic acids is 1. The molecule has 9 nitrogen and oxygen atoms in total. The summed E-state index contributed by atoms with van der Waals surface area (Å²) in [4.78, 5) is 14.3. The van der Waals surface area contributed by atoms with E-state index in [1.54, 1.807) is 39.3 Å². The van der Waals surface area contributed by atoms with Gasteiger partial charge in [0.15, 0.2) is 17.1 Å². The second-order valence-electron chi connectivity index (χ2n) is 9.88. The summed E-state index contributed by atoms with van der Waals surface area (Å²) in [6.45, 7) is 1.65. The van der Waals surface area contributed by atoms with E-state index in [1.165, 1.54) is 4.90 Å². The van der Waals surface area contributed by atoms with Gasteiger partial charge in [0.25, 0.3) is 0 Å². The molecule has 2 heterocycles. The summed E-state index contributed by atoms with van der Waals surface area (Å²) in [5, 5.41) is 22.7. The lowest BCUT2D eigenvalue weighted by Gasteiger charge is -2.46. The van der Waals surface area contributed by atoms with Crippen LogP contribution in [0.25, 0.3) is 0 Å². The van der Waals surface area contributed by atoms with Crippen molar-refractivity contribution in [3.8, 4) is 11.5 Å². The van der Waals surface area contributed by atoms with Crippen LogP contribution < -0.4 is 9.47 Å². The first-order chi connectivity index (χ1) is 15.7. The number of benzene rings is 1. The molecular weight excluding hydrogens is 430 g/mol. The van der Waals surface area contributed by atoms with Gasteiger partial charge in [0.2, 0.25) is 0 Å². The summed E-state index contributed by atoms with van der Waals surface area (Å²) in [5.41, 5.74) is -2.26. The van der Waals surface area contributed by atoms with Gasteiger partial charge in [0.1, 0.15) is 17.6 Å². The maximum atomic E-state index is 13.0. The van der Waals surface area contributed by atoms with E-state index in [4.69, 9.17) is 23.7 Å². The molecule has 2 saturated heterocycles. The van der Waals surface area contributed by atoms with E-state index in [2.05, 4.69) is 0 Å². The van der Waals surface area contributed by atoms with Crippen LogP contribution in [0.3, 0.4) is 0 Å². The molecule has 2 aliphatic carbocycles. The molecule has 2 unspecified atom stereocenters. The first-order valence-electron chi connectivity index (χ1n) is 11.7. The monoisotopic (exact) mass is 463 g/mol. The number of amides is 1. The van der Waals surface area contributed by atoms with Gasteiger partial charge >= 0.3 is 6.09 Å². The summed E-state index contributed by atoms with van der Waals surface area (Å²) >= 11 is 0. The van der Waals surface area contributed by atoms with Gasteiger partial charge in [-0.15, -0.1) is 0 Å². The van der Waals surface area contributed by atoms with Gasteiger partial charge in [0.05, 0.1) is 33.0 Å². The van der Waals surface area contributed by atoms with Crippen LogP contribution in [-0.4, -0.2) is 70.9 Å². The molecule has 2 saturated carbocycles. The van der Waals surface area contributed by atoms with Gasteiger partial charge in [-0.25, -0.2) is 4.79 Å². The van der Waals surface area contributed by atoms with Crippen LogP contribution in [-0.2, 0) is 20.8 Å². The van der Waals surface area contributed by atoms with Crippen LogP contribution in [0, 0.1) is 0 Å². The normalized spacial score (nSPS) is 37.3. The zero-order valence-corrected chi connectivity index (χ0v) is 19.4. The maximum Gasteiger partial charge on any atom is 0.413 e. The number of fused-ring (bicyclic) bond motifs is 1. The van der Waals surface area contributed by atoms with Crippen LogP contribution in [0.4, 0.5) is 4.79 Å². The molecule has 2 spiro atoms. The van der Waals surface area contributed by atoms with Gasteiger partial charge in [-0.2, -0.15) is 0 Å². The first-order valence-corrected chi connectivity index (χ1v) is 11.7. The second kappa shape index (κ2) is 8.01. The fourth-order valence-electron chi connectivity index (χ4n) is 5.94. The molecule has 0 aromatic heterocycles. The second-order valence-corrected chi connectivity index (χ2v) is 9.88. The van der Waals surface area contributed by atoms with Crippen molar-refractivity contribution in [3.63, 3.8) is 0 Å². The molecule has 2 aliphatic heterocycles. The van der Waals surface area contributed by atoms with Crippen LogP contribution in [0.15, 0.2) is 18.2 Å². The van der Waals surface area contributed by atoms with Crippen molar-refractivity contribution >= 4 is 6.09 Å². The highest BCUT2D eigenvalue weighted by atomic mass is 16.8. The average molecular weight is 464 g/mol. The molecule has 5 atom stereocenters. The zero-order valence-electron chi connectivity index (χ0n) is 19.4. The number of aliphatic hydroxyl groups excluding tert-OH is 1. The van der Waals surface area contributed by atoms with Crippen molar-refractivity contribution in [2.45, 2.75) is 93.8 Å². The Labute approximate surface area is 193 Å². The summed E-state index contributed by atoms with van der Waals surface area (Å²) < 4.78 is 29.1. The Bertz CT molecular complexity index is 891. The molecule has 4 aliphatic rings. The maximum absolute atomic E-state index is 13.0. The minimum atomic E-state index is -1.67. The number of carbonyl (C=O) groups is 1. The first kappa shape index (κ1) is 22.7. The highest BCUT2D eigenvalue weighted by molar-refractivity contribution is 5.72. The van der Waals surface area contributed by atoms with Crippen molar-refractivity contribution in [1.29, 1.82) is 0 Å². The molecule has 5 rings (SSSR count). The predicted octanol–water partition coefficient (Wildman–Crippen LogP) is 2.70. The van der Waals surface area contributed by atoms with E-state index in [9.17, 15) is 15.0 Å². The third-order valence-electron chi connectivity index (χ3n) is 7.79. The van der Waals surface area contributed by atoms with E-state index in [0.29, 0.717) is 11.5 Å². The lowest BCUT2D eigenvalue weighted by Crippen LogP contribution is -2.63. The van der Waals surface area contributed by atoms with Gasteiger partial charge in [-0.05, 0) is 37.5 Å². The van der Waals surface area contributed by atoms with E-state index in [-0.39, 0.29) is 19.4 Å². The quantitative estimate of drug-likeness (QED) is 0.702. The topological polar surface area (TPSA) is 107 Å². The number of hydrogen-bond acceptors (Lipinski definition) is 8. The molecule has 2 N–H and O–H groups in total. The Morgan fingerprint density at radius 2 is 1.73 bits per heavy atom. The minimum absolute atomic E-state index is 0.0737. The van der Waals surface area contributed by atoms with Crippen LogP contribution in [0.2, 0.25) is 0 Å². The SMILES string of the molecule is COc1cc(CN2C(=O)O[C@@]3(CC(O)[C@@H]4OC5(CCCCC5)O[C@@H]4C3)C2(C)O)cc(OC)c1. The van der Waals surface area contributed by atoms with Gasteiger partial charge in [-0.3, -0.25) is 4.90 Å². The Morgan fingerprint density at radius 1 is 1.06 bits per heavy atom. The van der Waals surface area contributed by atoms with Crippen molar-refractivity contribution in [1.82, 2.24) is 4.90 Å². The molecule has 4 fully saturated rings. The zero-order chi connectivity index (χ0) is 23.4. The Morgan fingerprint density at radius 3 is 2.36 bits per heavy atom. The lowest BCUT2D eigenvalue weighted by molar-refractivity contribution is -0.199. The molecule has 182 valence electrons. The average Bonchev–Trinajstić information content (AvgIpc) is 3.22. The molecule has 33 heavy (non-hydrogen) atoms. The van der Waals surface area contributed by atoms with Crippen molar-refractivity contribution in [3.05, 3.63) is 23.8 Å². The third kappa shape index (κ3) is 3.65. The summed E-state index contributed by atoms with van der Waals surface area (Å²) in [6.07, 6.45) is 2.60. The molecule has 1 amide bonds. The van der Waals surface area contributed by atoms with E-state index < -0.39 is 41.5 Å². The van der Waals surface area contributed by atoms with E-state index in [0.717, 1.165) is 37.7 Å². The molecule has 0 bridgehead atoms. The fraction of sp³-hybridized carbons (Fsp3) is 0.708. The van der Waals surface area contributed by atoms with Gasteiger partial charge < -0.3 is 33.9 Å². The van der Waals surface area contributed by atoms with E-state index >= 15 is 0 Å². The number of aliphatic hydroxyl groups is 2. The highest BCUT2D eigenvalue weighted by Crippen LogP contribution is 2.53. The van der Waals surface area contributed by atoms with Crippen LogP contribution in [0.5, 0.6) is 11.5 Å². The Hall–Kier alpha value is -2.07. The largest absolute Gasteiger partial charge is 0.497 e. The number of methoxy groups -OCH3 is 2. The minimum Gasteiger partial charge on any atom is -0.497 e.